The average Bonchev–Trinajstić information content (AvgIpc) is 2.34. The predicted molar refractivity (Wildman–Crippen MR) is 58.4 cm³/mol. The van der Waals surface area contributed by atoms with Crippen molar-refractivity contribution in [2.75, 3.05) is 0 Å². The van der Waals surface area contributed by atoms with Crippen LogP contribution >= 0.6 is 0 Å². The molecule has 0 spiro atoms. The van der Waals surface area contributed by atoms with Crippen LogP contribution in [0.5, 0.6) is 0 Å². The molecule has 0 saturated heterocycles. The number of hydrogen-bond donors (Lipinski definition) is 2. The number of rotatable bonds is 10. The summed E-state index contributed by atoms with van der Waals surface area (Å²) >= 11 is 0. The third kappa shape index (κ3) is 28.4. The molecule has 32 heavy (non-hydrogen) atoms. The summed E-state index contributed by atoms with van der Waals surface area (Å²) in [7, 11) is 0. The van der Waals surface area contributed by atoms with Crippen molar-refractivity contribution in [2.24, 2.45) is 0 Å². The fourth-order valence-electron chi connectivity index (χ4n) is 1.37. The average molecular weight is 819 g/mol. The van der Waals surface area contributed by atoms with Crippen molar-refractivity contribution in [3.05, 3.63) is 0 Å². The number of carbonyl (C=O) groups excluding carboxylic acids is 6. The Morgan fingerprint density at radius 3 is 0.656 bits per heavy atom. The van der Waals surface area contributed by atoms with Gasteiger partial charge in [0.1, 0.15) is 11.2 Å². The molecule has 0 unspecified atom stereocenters. The van der Waals surface area contributed by atoms with Gasteiger partial charge < -0.3 is 69.6 Å². The van der Waals surface area contributed by atoms with Gasteiger partial charge in [-0.05, 0) is 0 Å². The van der Waals surface area contributed by atoms with Gasteiger partial charge in [0.05, 0.1) is 11.9 Å². The molecule has 0 bridgehead atoms. The van der Waals surface area contributed by atoms with E-state index in [9.17, 15) is 59.4 Å². The first-order valence-corrected chi connectivity index (χ1v) is 6.23. The van der Waals surface area contributed by atoms with Crippen molar-refractivity contribution in [1.82, 2.24) is 0 Å². The second-order valence-corrected chi connectivity index (χ2v) is 4.83. The first-order valence-electron chi connectivity index (χ1n) is 6.23. The van der Waals surface area contributed by atoms with Crippen LogP contribution in [0.25, 0.3) is 0 Å². The number of carbonyl (C=O) groups is 6. The first-order chi connectivity index (χ1) is 11.6. The van der Waals surface area contributed by atoms with Crippen molar-refractivity contribution in [3.8, 4) is 0 Å². The van der Waals surface area contributed by atoms with Gasteiger partial charge in [0.15, 0.2) is 0 Å². The zero-order valence-corrected chi connectivity index (χ0v) is 30.3. The maximum atomic E-state index is 10.1. The van der Waals surface area contributed by atoms with Crippen molar-refractivity contribution < 1.29 is 291 Å². The van der Waals surface area contributed by atoms with E-state index in [4.69, 9.17) is 10.2 Å². The number of carboxylic acid groups (broad SMARTS) is 6. The Kier molecular flexibility index (Phi) is 48.9. The normalized spacial score (nSPS) is 8.81. The van der Waals surface area contributed by atoms with Crippen LogP contribution in [-0.2, 0) is 95.9 Å². The Morgan fingerprint density at radius 1 is 0.469 bits per heavy atom. The van der Waals surface area contributed by atoms with Crippen molar-refractivity contribution >= 4 is 35.8 Å². The molecule has 0 aromatic rings. The van der Waals surface area contributed by atoms with Gasteiger partial charge in [-0.1, -0.05) is 0 Å². The molecule has 0 aliphatic carbocycles. The molecule has 0 fully saturated rings. The molecule has 0 rings (SSSR count). The third-order valence-corrected chi connectivity index (χ3v) is 2.51. The van der Waals surface area contributed by atoms with E-state index in [0.29, 0.717) is 0 Å². The summed E-state index contributed by atoms with van der Waals surface area (Å²) in [5, 5.41) is 77.9. The first kappa shape index (κ1) is 56.2. The summed E-state index contributed by atoms with van der Waals surface area (Å²) in [4.78, 5) is 60.0. The van der Waals surface area contributed by atoms with Crippen LogP contribution < -0.4 is 185 Å². The van der Waals surface area contributed by atoms with Crippen LogP contribution in [0, 0.1) is 0 Å². The molecule has 14 nitrogen and oxygen atoms in total. The molecular weight excluding hydrogens is 809 g/mol. The molecule has 178 valence electrons. The van der Waals surface area contributed by atoms with Crippen LogP contribution in [0.4, 0.5) is 0 Å². The van der Waals surface area contributed by atoms with E-state index >= 15 is 0 Å². The smallest absolute Gasteiger partial charge is 0.550 e. The van der Waals surface area contributed by atoms with E-state index in [1.807, 2.05) is 0 Å². The Morgan fingerprint density at radius 2 is 0.594 bits per heavy atom. The summed E-state index contributed by atoms with van der Waals surface area (Å²) < 4.78 is 0. The summed E-state index contributed by atoms with van der Waals surface area (Å²) in [5.41, 5.74) is -5.95. The van der Waals surface area contributed by atoms with Crippen LogP contribution in [-0.4, -0.2) is 57.2 Å². The molecule has 20 heteroatoms. The van der Waals surface area contributed by atoms with E-state index < -0.39 is 72.7 Å². The molecule has 0 aliphatic rings. The Balaban J connectivity index is -0.0000000505. The van der Waals surface area contributed by atoms with Crippen LogP contribution in [0.2, 0.25) is 0 Å². The molecule has 2 N–H and O–H groups in total. The molecule has 0 saturated carbocycles. The fourth-order valence-corrected chi connectivity index (χ4v) is 1.37. The van der Waals surface area contributed by atoms with E-state index in [1.54, 1.807) is 0 Å². The minimum Gasteiger partial charge on any atom is -0.550 e. The Bertz CT molecular complexity index is 535. The zero-order valence-electron chi connectivity index (χ0n) is 16.5. The van der Waals surface area contributed by atoms with E-state index in [2.05, 4.69) is 0 Å². The molecule has 0 radical (unpaired) electrons. The van der Waals surface area contributed by atoms with Gasteiger partial charge >= 0.3 is 221 Å². The van der Waals surface area contributed by atoms with Crippen LogP contribution in [0.1, 0.15) is 25.7 Å². The van der Waals surface area contributed by atoms with Gasteiger partial charge in [0, 0.05) is 49.6 Å². The molecule has 0 atom stereocenters. The summed E-state index contributed by atoms with van der Waals surface area (Å²) in [5.74, 6) is -12.0. The van der Waals surface area contributed by atoms with Gasteiger partial charge in [-0.15, -0.1) is 0 Å². The maximum absolute atomic E-state index is 10.1. The van der Waals surface area contributed by atoms with Gasteiger partial charge in [-0.25, -0.2) is 0 Å². The molecule has 0 amide bonds. The monoisotopic (exact) mass is 816 g/mol. The Labute approximate surface area is 355 Å². The van der Waals surface area contributed by atoms with Crippen molar-refractivity contribution in [1.29, 1.82) is 0 Å². The van der Waals surface area contributed by atoms with Crippen molar-refractivity contribution in [3.63, 3.8) is 0 Å². The van der Waals surface area contributed by atoms with Gasteiger partial charge in [-0.3, -0.25) is 0 Å². The number of hydrogen-bond acceptors (Lipinski definition) is 14. The van der Waals surface area contributed by atoms with Gasteiger partial charge in [0.25, 0.3) is 0 Å². The summed E-state index contributed by atoms with van der Waals surface area (Å²) in [6.45, 7) is 0. The number of aliphatic carboxylic acids is 6. The largest absolute Gasteiger partial charge is 1.00 e. The van der Waals surface area contributed by atoms with Crippen molar-refractivity contribution in [2.45, 2.75) is 36.9 Å². The van der Waals surface area contributed by atoms with Gasteiger partial charge in [0.2, 0.25) is 0 Å². The quantitative estimate of drug-likeness (QED) is 0.194. The second kappa shape index (κ2) is 27.9. The van der Waals surface area contributed by atoms with Crippen LogP contribution in [0.15, 0.2) is 0 Å². The summed E-state index contributed by atoms with van der Waals surface area (Å²) in [6, 6.07) is 0. The van der Waals surface area contributed by atoms with E-state index in [0.717, 1.165) is 0 Å². The number of aliphatic hydroxyl groups is 2. The molecule has 0 aliphatic heterocycles. The van der Waals surface area contributed by atoms with E-state index in [-0.39, 0.29) is 221 Å². The standard InChI is InChI=1S/2C6H8O7.3Ag.3K/c2*7-3(8)1-6(13,5(11)12)2-4(9)10;;;;;;/h2*13H,1-2H2,(H,7,8)(H,9,10)(H,11,12);;;;;;/q;;6*+1/p-6. The minimum atomic E-state index is -2.97. The van der Waals surface area contributed by atoms with E-state index in [1.165, 1.54) is 0 Å². The van der Waals surface area contributed by atoms with Crippen LogP contribution in [0.3, 0.4) is 0 Å². The zero-order chi connectivity index (χ0) is 21.3. The fraction of sp³-hybridized carbons (Fsp3) is 0.500. The SMILES string of the molecule is O=C([O-])CC(O)(CC(=O)[O-])C(=O)[O-].O=C([O-])CC(O)(CC(=O)[O-])C(=O)[O-].[Ag+].[Ag+].[Ag+].[K+].[K+].[K+]. The minimum absolute atomic E-state index is 0. The van der Waals surface area contributed by atoms with Gasteiger partial charge in [-0.2, -0.15) is 0 Å². The molecule has 0 aromatic carbocycles. The topological polar surface area (TPSA) is 281 Å². The summed E-state index contributed by atoms with van der Waals surface area (Å²) in [6.07, 6.45) is -5.43. The molecular formula is C12H10Ag3K3O14. The molecule has 0 heterocycles. The predicted octanol–water partition coefficient (Wildman–Crippen LogP) is -19.5. The second-order valence-electron chi connectivity index (χ2n) is 4.83. The third-order valence-electron chi connectivity index (χ3n) is 2.51. The Hall–Kier alpha value is 3.87. The number of carboxylic acids is 6. The molecule has 0 aromatic heterocycles. The maximum Gasteiger partial charge on any atom is 1.00 e.